The predicted octanol–water partition coefficient (Wildman–Crippen LogP) is 5.80. The van der Waals surface area contributed by atoms with E-state index in [1.807, 2.05) is 0 Å². The number of ether oxygens (including phenoxy) is 2. The molecule has 0 saturated carbocycles. The smallest absolute Gasteiger partial charge is 0.220 e. The number of aliphatic hydroxyl groups excluding tert-OH is 6. The van der Waals surface area contributed by atoms with Crippen molar-refractivity contribution in [3.05, 3.63) is 0 Å². The second kappa shape index (κ2) is 29.8. The van der Waals surface area contributed by atoms with E-state index in [0.717, 1.165) is 51.4 Å². The maximum Gasteiger partial charge on any atom is 0.220 e. The first-order valence-corrected chi connectivity index (χ1v) is 19.8. The molecule has 1 fully saturated rings. The van der Waals surface area contributed by atoms with Gasteiger partial charge >= 0.3 is 0 Å². The van der Waals surface area contributed by atoms with Gasteiger partial charge in [-0.1, -0.05) is 155 Å². The average molecular weight is 690 g/mol. The molecular weight excluding hydrogens is 614 g/mol. The van der Waals surface area contributed by atoms with E-state index in [9.17, 15) is 35.4 Å². The van der Waals surface area contributed by atoms with Gasteiger partial charge < -0.3 is 45.4 Å². The Kier molecular flexibility index (Phi) is 28.1. The van der Waals surface area contributed by atoms with E-state index in [2.05, 4.69) is 19.2 Å². The normalized spacial score (nSPS) is 23.2. The number of hydrogen-bond acceptors (Lipinski definition) is 9. The minimum Gasteiger partial charge on any atom is -0.394 e. The number of carbonyl (C=O) groups excluding carboxylic acids is 1. The molecule has 7 N–H and O–H groups in total. The molecule has 1 aliphatic heterocycles. The lowest BCUT2D eigenvalue weighted by Gasteiger charge is -2.40. The first-order chi connectivity index (χ1) is 23.3. The fourth-order valence-electron chi connectivity index (χ4n) is 6.49. The molecule has 286 valence electrons. The highest BCUT2D eigenvalue weighted by molar-refractivity contribution is 5.76. The maximum atomic E-state index is 12.9. The zero-order valence-corrected chi connectivity index (χ0v) is 30.6. The Morgan fingerprint density at radius 3 is 1.54 bits per heavy atom. The van der Waals surface area contributed by atoms with Crippen molar-refractivity contribution in [2.24, 2.45) is 0 Å². The molecule has 0 bridgehead atoms. The summed E-state index contributed by atoms with van der Waals surface area (Å²) >= 11 is 0. The van der Waals surface area contributed by atoms with Gasteiger partial charge in [0.2, 0.25) is 5.91 Å². The third kappa shape index (κ3) is 20.7. The molecule has 1 heterocycles. The van der Waals surface area contributed by atoms with Crippen LogP contribution in [0.5, 0.6) is 0 Å². The number of hydrogen-bond donors (Lipinski definition) is 7. The van der Waals surface area contributed by atoms with Crippen molar-refractivity contribution in [2.75, 3.05) is 13.2 Å². The second-order valence-corrected chi connectivity index (χ2v) is 14.2. The fraction of sp³-hybridized carbons (Fsp3) is 0.974. The van der Waals surface area contributed by atoms with Crippen LogP contribution in [0.4, 0.5) is 0 Å². The molecule has 0 aliphatic carbocycles. The van der Waals surface area contributed by atoms with Crippen LogP contribution < -0.4 is 5.32 Å². The van der Waals surface area contributed by atoms with Gasteiger partial charge in [-0.25, -0.2) is 0 Å². The van der Waals surface area contributed by atoms with Gasteiger partial charge in [0.1, 0.15) is 30.5 Å². The summed E-state index contributed by atoms with van der Waals surface area (Å²) in [5, 5.41) is 64.6. The van der Waals surface area contributed by atoms with Crippen molar-refractivity contribution >= 4 is 5.91 Å². The average Bonchev–Trinajstić information content (AvgIpc) is 3.08. The van der Waals surface area contributed by atoms with E-state index in [0.29, 0.717) is 6.42 Å². The Hall–Kier alpha value is -0.850. The van der Waals surface area contributed by atoms with Crippen molar-refractivity contribution in [3.8, 4) is 0 Å². The summed E-state index contributed by atoms with van der Waals surface area (Å²) < 4.78 is 11.1. The number of unbranched alkanes of at least 4 members (excludes halogenated alkanes) is 21. The van der Waals surface area contributed by atoms with Gasteiger partial charge in [-0.3, -0.25) is 4.79 Å². The molecule has 1 aliphatic rings. The zero-order valence-electron chi connectivity index (χ0n) is 30.6. The van der Waals surface area contributed by atoms with Crippen LogP contribution in [-0.2, 0) is 14.3 Å². The molecule has 0 aromatic heterocycles. The van der Waals surface area contributed by atoms with E-state index in [4.69, 9.17) is 9.47 Å². The van der Waals surface area contributed by atoms with E-state index in [-0.39, 0.29) is 18.9 Å². The molecule has 1 saturated heterocycles. The van der Waals surface area contributed by atoms with Gasteiger partial charge in [-0.05, 0) is 12.8 Å². The Bertz CT molecular complexity index is 743. The van der Waals surface area contributed by atoms with Crippen molar-refractivity contribution in [1.29, 1.82) is 0 Å². The minimum atomic E-state index is -1.60. The highest BCUT2D eigenvalue weighted by atomic mass is 16.7. The largest absolute Gasteiger partial charge is 0.394 e. The van der Waals surface area contributed by atoms with Crippen LogP contribution in [0.3, 0.4) is 0 Å². The number of carbonyl (C=O) groups is 1. The van der Waals surface area contributed by atoms with E-state index in [1.165, 1.54) is 96.3 Å². The van der Waals surface area contributed by atoms with Crippen LogP contribution in [0, 0.1) is 0 Å². The van der Waals surface area contributed by atoms with Gasteiger partial charge in [0.05, 0.1) is 25.4 Å². The second-order valence-electron chi connectivity index (χ2n) is 14.2. The lowest BCUT2D eigenvalue weighted by atomic mass is 9.98. The highest BCUT2D eigenvalue weighted by Crippen LogP contribution is 2.23. The summed E-state index contributed by atoms with van der Waals surface area (Å²) in [6.45, 7) is 3.55. The molecule has 10 heteroatoms. The maximum absolute atomic E-state index is 12.9. The Morgan fingerprint density at radius 1 is 0.646 bits per heavy atom. The van der Waals surface area contributed by atoms with Crippen molar-refractivity contribution in [2.45, 2.75) is 223 Å². The molecule has 8 atom stereocenters. The summed E-state index contributed by atoms with van der Waals surface area (Å²) in [4.78, 5) is 12.9. The van der Waals surface area contributed by atoms with Gasteiger partial charge in [0.15, 0.2) is 6.29 Å². The third-order valence-corrected chi connectivity index (χ3v) is 9.80. The number of aliphatic hydroxyl groups is 6. The summed E-state index contributed by atoms with van der Waals surface area (Å²) in [5.74, 6) is -0.259. The van der Waals surface area contributed by atoms with Gasteiger partial charge in [-0.2, -0.15) is 0 Å². The number of rotatable bonds is 32. The zero-order chi connectivity index (χ0) is 35.4. The monoisotopic (exact) mass is 690 g/mol. The third-order valence-electron chi connectivity index (χ3n) is 9.80. The molecule has 10 nitrogen and oxygen atoms in total. The SMILES string of the molecule is CCCCCCCCCCCCCCCCCC(=O)N[C@@H](CO[C@@H]1O[C@H](CO)[C@@H](O)C(O)C1O)[C@H](O)[C@H](O)CCCCCCCCCC. The fourth-order valence-corrected chi connectivity index (χ4v) is 6.49. The molecule has 0 aromatic carbocycles. The molecule has 0 spiro atoms. The van der Waals surface area contributed by atoms with Crippen LogP contribution in [0.2, 0.25) is 0 Å². The summed E-state index contributed by atoms with van der Waals surface area (Å²) in [7, 11) is 0. The van der Waals surface area contributed by atoms with Gasteiger partial charge in [-0.15, -0.1) is 0 Å². The molecule has 2 unspecified atom stereocenters. The quantitative estimate of drug-likeness (QED) is 0.0432. The topological polar surface area (TPSA) is 169 Å². The minimum absolute atomic E-state index is 0.259. The summed E-state index contributed by atoms with van der Waals surface area (Å²) in [6, 6.07) is -0.981. The standard InChI is InChI=1S/C38H75NO9/c1-3-5-7-9-11-13-14-15-16-17-18-19-21-23-25-27-33(42)39-30(29-47-38-37(46)36(45)35(44)32(28-40)48-38)34(43)31(41)26-24-22-20-12-10-8-6-4-2/h30-32,34-38,40-41,43-46H,3-29H2,1-2H3,(H,39,42)/t30-,31+,32+,34-,35+,36?,37?,38+/m0/s1. The van der Waals surface area contributed by atoms with Crippen molar-refractivity contribution < 1.29 is 44.9 Å². The first-order valence-electron chi connectivity index (χ1n) is 19.8. The predicted molar refractivity (Wildman–Crippen MR) is 190 cm³/mol. The number of amides is 1. The van der Waals surface area contributed by atoms with E-state index >= 15 is 0 Å². The Balaban J connectivity index is 2.44. The molecule has 48 heavy (non-hydrogen) atoms. The highest BCUT2D eigenvalue weighted by Gasteiger charge is 2.44. The van der Waals surface area contributed by atoms with Gasteiger partial charge in [0, 0.05) is 6.42 Å². The molecule has 0 radical (unpaired) electrons. The lowest BCUT2D eigenvalue weighted by molar-refractivity contribution is -0.303. The van der Waals surface area contributed by atoms with Crippen LogP contribution in [0.1, 0.15) is 174 Å². The van der Waals surface area contributed by atoms with Gasteiger partial charge in [0.25, 0.3) is 0 Å². The van der Waals surface area contributed by atoms with Crippen LogP contribution in [-0.4, -0.2) is 98.7 Å². The summed E-state index contributed by atoms with van der Waals surface area (Å²) in [6.07, 6.45) is 18.4. The lowest BCUT2D eigenvalue weighted by Crippen LogP contribution is -2.60. The first kappa shape index (κ1) is 45.2. The Morgan fingerprint density at radius 2 is 1.08 bits per heavy atom. The van der Waals surface area contributed by atoms with Crippen molar-refractivity contribution in [3.63, 3.8) is 0 Å². The molecule has 0 aromatic rings. The molecule has 1 rings (SSSR count). The number of nitrogens with one attached hydrogen (secondary N) is 1. The van der Waals surface area contributed by atoms with Crippen LogP contribution in [0.15, 0.2) is 0 Å². The summed E-state index contributed by atoms with van der Waals surface area (Å²) in [5.41, 5.74) is 0. The van der Waals surface area contributed by atoms with Crippen LogP contribution in [0.25, 0.3) is 0 Å². The van der Waals surface area contributed by atoms with Crippen LogP contribution >= 0.6 is 0 Å². The van der Waals surface area contributed by atoms with E-state index in [1.54, 1.807) is 0 Å². The van der Waals surface area contributed by atoms with E-state index < -0.39 is 55.6 Å². The Labute approximate surface area is 292 Å². The molecular formula is C38H75NO9. The van der Waals surface area contributed by atoms with Crippen molar-refractivity contribution in [1.82, 2.24) is 5.32 Å². The molecule has 1 amide bonds.